The summed E-state index contributed by atoms with van der Waals surface area (Å²) in [5, 5.41) is 9.47. The van der Waals surface area contributed by atoms with E-state index in [-0.39, 0.29) is 54.4 Å². The maximum Gasteiger partial charge on any atom is 0.236 e. The van der Waals surface area contributed by atoms with Crippen LogP contribution in [0.15, 0.2) is 12.7 Å². The Hall–Kier alpha value is -0.243. The van der Waals surface area contributed by atoms with Crippen LogP contribution < -0.4 is 0 Å². The minimum atomic E-state index is -0.00817. The molecule has 7 atom stereocenters. The molecular formula is C22H38O5Si. The third-order valence-electron chi connectivity index (χ3n) is 5.93. The van der Waals surface area contributed by atoms with Crippen molar-refractivity contribution < 1.29 is 23.7 Å². The summed E-state index contributed by atoms with van der Waals surface area (Å²) in [4.78, 5) is 0. The largest absolute Gasteiger partial charge is 0.411 e. The van der Waals surface area contributed by atoms with Gasteiger partial charge in [0, 0.05) is 0 Å². The molecule has 3 rings (SSSR count). The van der Waals surface area contributed by atoms with Gasteiger partial charge >= 0.3 is 0 Å². The zero-order chi connectivity index (χ0) is 20.1. The lowest BCUT2D eigenvalue weighted by Gasteiger charge is -2.28. The second-order valence-electron chi connectivity index (χ2n) is 9.51. The van der Waals surface area contributed by atoms with E-state index in [1.807, 2.05) is 6.08 Å². The first-order valence-electron chi connectivity index (χ1n) is 11.0. The molecule has 0 bridgehead atoms. The fraction of sp³-hybridized carbons (Fsp3) is 0.909. The summed E-state index contributed by atoms with van der Waals surface area (Å²) in [6.07, 6.45) is 10.9. The molecule has 5 nitrogen and oxygen atoms in total. The molecule has 3 saturated heterocycles. The predicted octanol–water partition coefficient (Wildman–Crippen LogP) is 3.81. The smallest absolute Gasteiger partial charge is 0.236 e. The summed E-state index contributed by atoms with van der Waals surface area (Å²) in [6, 6.07) is 0. The first kappa shape index (κ1) is 22.4. The summed E-state index contributed by atoms with van der Waals surface area (Å²) in [5.74, 6) is 0. The monoisotopic (exact) mass is 410 g/mol. The van der Waals surface area contributed by atoms with Crippen LogP contribution in [0.4, 0.5) is 0 Å². The minimum absolute atomic E-state index is 0.00817. The highest BCUT2D eigenvalue weighted by molar-refractivity contribution is 6.31. The van der Waals surface area contributed by atoms with Crippen molar-refractivity contribution in [2.75, 3.05) is 6.61 Å². The van der Waals surface area contributed by atoms with Gasteiger partial charge in [0.15, 0.2) is 0 Å². The van der Waals surface area contributed by atoms with Crippen LogP contribution in [0.25, 0.3) is 0 Å². The normalized spacial score (nSPS) is 37.4. The molecule has 6 heteroatoms. The van der Waals surface area contributed by atoms with Gasteiger partial charge in [-0.3, -0.25) is 0 Å². The Balaban J connectivity index is 1.48. The van der Waals surface area contributed by atoms with E-state index < -0.39 is 0 Å². The van der Waals surface area contributed by atoms with Gasteiger partial charge in [0.05, 0.1) is 49.3 Å². The zero-order valence-electron chi connectivity index (χ0n) is 17.8. The SMILES string of the molecule is C=CCC[C@H](O[Si]C(C)(C)C)[C@@H]1CC[C@@H]([C@@H]2CC[C@@H]([C@@H]3CC[C@@H](CO)O3)O2)O1. The van der Waals surface area contributed by atoms with E-state index in [1.54, 1.807) is 0 Å². The molecule has 0 spiro atoms. The predicted molar refractivity (Wildman–Crippen MR) is 111 cm³/mol. The van der Waals surface area contributed by atoms with Crippen LogP contribution in [0, 0.1) is 0 Å². The third-order valence-corrected chi connectivity index (χ3v) is 6.96. The van der Waals surface area contributed by atoms with Gasteiger partial charge in [-0.25, -0.2) is 0 Å². The molecule has 160 valence electrons. The third kappa shape index (κ3) is 6.13. The zero-order valence-corrected chi connectivity index (χ0v) is 18.8. The average molecular weight is 411 g/mol. The van der Waals surface area contributed by atoms with Crippen LogP contribution in [-0.2, 0) is 18.6 Å². The number of hydrogen-bond donors (Lipinski definition) is 1. The van der Waals surface area contributed by atoms with Crippen LogP contribution in [0.2, 0.25) is 5.04 Å². The van der Waals surface area contributed by atoms with Crippen LogP contribution in [0.3, 0.4) is 0 Å². The van der Waals surface area contributed by atoms with Crippen molar-refractivity contribution in [3.63, 3.8) is 0 Å². The summed E-state index contributed by atoms with van der Waals surface area (Å²) < 4.78 is 25.1. The molecule has 3 fully saturated rings. The number of aliphatic hydroxyl groups excluding tert-OH is 1. The fourth-order valence-electron chi connectivity index (χ4n) is 4.47. The van der Waals surface area contributed by atoms with Gasteiger partial charge in [-0.05, 0) is 56.4 Å². The van der Waals surface area contributed by atoms with E-state index in [0.29, 0.717) is 9.76 Å². The highest BCUT2D eigenvalue weighted by Gasteiger charge is 2.43. The summed E-state index contributed by atoms with van der Waals surface area (Å²) in [6.45, 7) is 10.6. The van der Waals surface area contributed by atoms with Crippen molar-refractivity contribution in [2.45, 2.75) is 120 Å². The second-order valence-corrected chi connectivity index (χ2v) is 11.5. The van der Waals surface area contributed by atoms with E-state index >= 15 is 0 Å². The van der Waals surface area contributed by atoms with E-state index in [9.17, 15) is 5.11 Å². The molecule has 0 aliphatic carbocycles. The van der Waals surface area contributed by atoms with Crippen molar-refractivity contribution in [1.82, 2.24) is 0 Å². The van der Waals surface area contributed by atoms with E-state index in [0.717, 1.165) is 51.4 Å². The van der Waals surface area contributed by atoms with Gasteiger partial charge in [-0.2, -0.15) is 0 Å². The lowest BCUT2D eigenvalue weighted by Crippen LogP contribution is -2.35. The molecule has 0 aromatic heterocycles. The van der Waals surface area contributed by atoms with E-state index in [4.69, 9.17) is 18.6 Å². The van der Waals surface area contributed by atoms with Crippen molar-refractivity contribution >= 4 is 9.76 Å². The van der Waals surface area contributed by atoms with Crippen molar-refractivity contribution in [3.05, 3.63) is 12.7 Å². The second kappa shape index (κ2) is 10.2. The van der Waals surface area contributed by atoms with Crippen LogP contribution in [0.1, 0.15) is 72.1 Å². The standard InChI is InChI=1S/C22H38O5Si/c1-5-6-7-21(27-28-22(2,3)4)20-13-12-19(26-20)18-11-10-17(25-18)16-9-8-15(14-23)24-16/h5,15-21,23H,1,6-14H2,2-4H3/t15-,16-,17-,18-,19-,20-,21-/m0/s1. The van der Waals surface area contributed by atoms with Crippen LogP contribution in [0.5, 0.6) is 0 Å². The fourth-order valence-corrected chi connectivity index (χ4v) is 5.24. The summed E-state index contributed by atoms with van der Waals surface area (Å²) in [5.41, 5.74) is 0. The molecule has 0 aromatic rings. The number of rotatable bonds is 9. The van der Waals surface area contributed by atoms with Crippen molar-refractivity contribution in [2.24, 2.45) is 0 Å². The molecular weight excluding hydrogens is 372 g/mol. The lowest BCUT2D eigenvalue weighted by molar-refractivity contribution is -0.117. The average Bonchev–Trinajstić information content (AvgIpc) is 3.39. The van der Waals surface area contributed by atoms with Crippen LogP contribution >= 0.6 is 0 Å². The molecule has 1 N–H and O–H groups in total. The number of aliphatic hydroxyl groups is 1. The van der Waals surface area contributed by atoms with Gasteiger partial charge in [-0.1, -0.05) is 26.8 Å². The first-order chi connectivity index (χ1) is 13.4. The molecule has 3 heterocycles. The number of hydrogen-bond acceptors (Lipinski definition) is 5. The van der Waals surface area contributed by atoms with Crippen molar-refractivity contribution in [3.8, 4) is 0 Å². The summed E-state index contributed by atoms with van der Waals surface area (Å²) >= 11 is 0. The highest BCUT2D eigenvalue weighted by Crippen LogP contribution is 2.37. The Morgan fingerprint density at radius 1 is 1.00 bits per heavy atom. The summed E-state index contributed by atoms with van der Waals surface area (Å²) in [7, 11) is 0.473. The maximum atomic E-state index is 9.28. The minimum Gasteiger partial charge on any atom is -0.411 e. The molecule has 0 unspecified atom stereocenters. The Morgan fingerprint density at radius 3 is 2.21 bits per heavy atom. The Morgan fingerprint density at radius 2 is 1.61 bits per heavy atom. The van der Waals surface area contributed by atoms with Crippen molar-refractivity contribution in [1.29, 1.82) is 0 Å². The number of ether oxygens (including phenoxy) is 3. The van der Waals surface area contributed by atoms with Gasteiger partial charge < -0.3 is 23.7 Å². The van der Waals surface area contributed by atoms with Gasteiger partial charge in [0.25, 0.3) is 0 Å². The Bertz CT molecular complexity index is 494. The highest BCUT2D eigenvalue weighted by atomic mass is 28.2. The van der Waals surface area contributed by atoms with E-state index in [2.05, 4.69) is 27.4 Å². The number of allylic oxidation sites excluding steroid dienone is 1. The molecule has 28 heavy (non-hydrogen) atoms. The molecule has 0 aromatic carbocycles. The molecule has 3 aliphatic rings. The molecule has 0 amide bonds. The quantitative estimate of drug-likeness (QED) is 0.463. The Labute approximate surface area is 173 Å². The van der Waals surface area contributed by atoms with Gasteiger partial charge in [-0.15, -0.1) is 6.58 Å². The first-order valence-corrected chi connectivity index (χ1v) is 11.9. The molecule has 3 aliphatic heterocycles. The van der Waals surface area contributed by atoms with Crippen LogP contribution in [-0.4, -0.2) is 64.2 Å². The van der Waals surface area contributed by atoms with E-state index in [1.165, 1.54) is 0 Å². The maximum absolute atomic E-state index is 9.28. The lowest BCUT2D eigenvalue weighted by atomic mass is 10.0. The Kier molecular flexibility index (Phi) is 8.16. The molecule has 2 radical (unpaired) electrons. The van der Waals surface area contributed by atoms with Gasteiger partial charge in [0.2, 0.25) is 9.76 Å². The molecule has 0 saturated carbocycles. The topological polar surface area (TPSA) is 57.2 Å². The van der Waals surface area contributed by atoms with Gasteiger partial charge in [0.1, 0.15) is 0 Å².